The van der Waals surface area contributed by atoms with Gasteiger partial charge in [-0.3, -0.25) is 9.78 Å². The van der Waals surface area contributed by atoms with Crippen LogP contribution < -0.4 is 0 Å². The molecule has 2 rings (SSSR count). The van der Waals surface area contributed by atoms with Crippen LogP contribution in [-0.4, -0.2) is 11.3 Å². The van der Waals surface area contributed by atoms with Gasteiger partial charge in [-0.25, -0.2) is 4.39 Å². The van der Waals surface area contributed by atoms with Gasteiger partial charge >= 0.3 is 0 Å². The number of nitrogens with zero attached hydrogens (tertiary/aromatic N) is 1. The summed E-state index contributed by atoms with van der Waals surface area (Å²) in [6.07, 6.45) is 3.66. The maximum Gasteiger partial charge on any atom is 0.151 e. The molecule has 4 heteroatoms. The van der Waals surface area contributed by atoms with E-state index in [1.54, 1.807) is 18.3 Å². The van der Waals surface area contributed by atoms with Gasteiger partial charge in [0, 0.05) is 29.1 Å². The lowest BCUT2D eigenvalue weighted by Crippen LogP contribution is -1.90. The number of aldehydes is 1. The van der Waals surface area contributed by atoms with Crippen LogP contribution in [-0.2, 0) is 0 Å². The van der Waals surface area contributed by atoms with Crippen LogP contribution in [0.2, 0.25) is 5.02 Å². The van der Waals surface area contributed by atoms with Crippen LogP contribution in [0.25, 0.3) is 11.1 Å². The number of hydrogen-bond donors (Lipinski definition) is 0. The van der Waals surface area contributed by atoms with Crippen LogP contribution in [0, 0.1) is 5.82 Å². The molecule has 2 nitrogen and oxygen atoms in total. The second-order valence-corrected chi connectivity index (χ2v) is 3.62. The van der Waals surface area contributed by atoms with Gasteiger partial charge in [0.25, 0.3) is 0 Å². The lowest BCUT2D eigenvalue weighted by molar-refractivity contribution is 0.112. The van der Waals surface area contributed by atoms with Gasteiger partial charge in [-0.05, 0) is 18.2 Å². The minimum atomic E-state index is -0.487. The lowest BCUT2D eigenvalue weighted by atomic mass is 10.1. The normalized spacial score (nSPS) is 10.1. The number of aromatic nitrogens is 1. The monoisotopic (exact) mass is 235 g/mol. The highest BCUT2D eigenvalue weighted by molar-refractivity contribution is 6.33. The smallest absolute Gasteiger partial charge is 0.151 e. The molecular formula is C12H7ClFNO. The Morgan fingerprint density at radius 1 is 1.38 bits per heavy atom. The van der Waals surface area contributed by atoms with Crippen molar-refractivity contribution in [2.24, 2.45) is 0 Å². The molecule has 0 aliphatic heterocycles. The van der Waals surface area contributed by atoms with Crippen LogP contribution in [0.5, 0.6) is 0 Å². The molecule has 0 N–H and O–H groups in total. The van der Waals surface area contributed by atoms with Crippen molar-refractivity contribution in [3.63, 3.8) is 0 Å². The molecule has 0 amide bonds. The maximum absolute atomic E-state index is 13.7. The predicted molar refractivity (Wildman–Crippen MR) is 60.0 cm³/mol. The topological polar surface area (TPSA) is 30.0 Å². The fraction of sp³-hybridized carbons (Fsp3) is 0. The molecule has 0 atom stereocenters. The zero-order valence-corrected chi connectivity index (χ0v) is 8.91. The number of rotatable bonds is 2. The molecule has 1 aromatic carbocycles. The molecule has 0 bridgehead atoms. The van der Waals surface area contributed by atoms with Crippen molar-refractivity contribution in [1.29, 1.82) is 0 Å². The van der Waals surface area contributed by atoms with Crippen LogP contribution in [0.3, 0.4) is 0 Å². The third kappa shape index (κ3) is 1.95. The van der Waals surface area contributed by atoms with Crippen LogP contribution in [0.4, 0.5) is 4.39 Å². The van der Waals surface area contributed by atoms with Crippen LogP contribution in [0.15, 0.2) is 36.7 Å². The van der Waals surface area contributed by atoms with Crippen molar-refractivity contribution in [2.45, 2.75) is 0 Å². The Hall–Kier alpha value is -1.74. The third-order valence-electron chi connectivity index (χ3n) is 2.19. The van der Waals surface area contributed by atoms with E-state index in [9.17, 15) is 9.18 Å². The summed E-state index contributed by atoms with van der Waals surface area (Å²) in [6, 6.07) is 5.98. The van der Waals surface area contributed by atoms with E-state index in [-0.39, 0.29) is 10.6 Å². The number of carbonyl (C=O) groups excluding carboxylic acids is 1. The first kappa shape index (κ1) is 10.8. The molecule has 1 heterocycles. The van der Waals surface area contributed by atoms with Crippen LogP contribution in [0.1, 0.15) is 10.4 Å². The van der Waals surface area contributed by atoms with Crippen molar-refractivity contribution in [2.75, 3.05) is 0 Å². The SMILES string of the molecule is O=Cc1cc(F)c(-c2cccnc2)cc1Cl. The van der Waals surface area contributed by atoms with Gasteiger partial charge < -0.3 is 0 Å². The lowest BCUT2D eigenvalue weighted by Gasteiger charge is -2.05. The van der Waals surface area contributed by atoms with E-state index in [1.807, 2.05) is 0 Å². The number of hydrogen-bond acceptors (Lipinski definition) is 2. The third-order valence-corrected chi connectivity index (χ3v) is 2.51. The van der Waals surface area contributed by atoms with E-state index in [1.165, 1.54) is 12.3 Å². The second kappa shape index (κ2) is 4.41. The number of carbonyl (C=O) groups is 1. The highest BCUT2D eigenvalue weighted by atomic mass is 35.5. The Balaban J connectivity index is 2.59. The maximum atomic E-state index is 13.7. The summed E-state index contributed by atoms with van der Waals surface area (Å²) in [7, 11) is 0. The predicted octanol–water partition coefficient (Wildman–Crippen LogP) is 3.35. The zero-order valence-electron chi connectivity index (χ0n) is 8.15. The second-order valence-electron chi connectivity index (χ2n) is 3.21. The summed E-state index contributed by atoms with van der Waals surface area (Å²) in [5.74, 6) is -0.487. The van der Waals surface area contributed by atoms with E-state index in [0.717, 1.165) is 6.07 Å². The molecule has 0 saturated heterocycles. The number of halogens is 2. The molecular weight excluding hydrogens is 229 g/mol. The first-order chi connectivity index (χ1) is 7.72. The molecule has 0 aliphatic carbocycles. The molecule has 0 radical (unpaired) electrons. The summed E-state index contributed by atoms with van der Waals surface area (Å²) in [4.78, 5) is 14.5. The molecule has 0 unspecified atom stereocenters. The van der Waals surface area contributed by atoms with Crippen molar-refractivity contribution < 1.29 is 9.18 Å². The van der Waals surface area contributed by atoms with Crippen LogP contribution >= 0.6 is 11.6 Å². The van der Waals surface area contributed by atoms with Gasteiger partial charge in [-0.1, -0.05) is 17.7 Å². The average molecular weight is 236 g/mol. The van der Waals surface area contributed by atoms with Gasteiger partial charge in [0.1, 0.15) is 5.82 Å². The Kier molecular flexibility index (Phi) is 2.97. The molecule has 2 aromatic rings. The quantitative estimate of drug-likeness (QED) is 0.747. The molecule has 80 valence electrons. The first-order valence-corrected chi connectivity index (χ1v) is 4.95. The Morgan fingerprint density at radius 3 is 2.81 bits per heavy atom. The zero-order chi connectivity index (χ0) is 11.5. The van der Waals surface area contributed by atoms with Gasteiger partial charge in [0.05, 0.1) is 5.02 Å². The average Bonchev–Trinajstić information content (AvgIpc) is 2.32. The van der Waals surface area contributed by atoms with Crippen molar-refractivity contribution in [3.8, 4) is 11.1 Å². The summed E-state index contributed by atoms with van der Waals surface area (Å²) in [6.45, 7) is 0. The molecule has 0 fully saturated rings. The first-order valence-electron chi connectivity index (χ1n) is 4.57. The number of pyridine rings is 1. The van der Waals surface area contributed by atoms with Crippen molar-refractivity contribution in [3.05, 3.63) is 53.1 Å². The Morgan fingerprint density at radius 2 is 2.19 bits per heavy atom. The minimum Gasteiger partial charge on any atom is -0.298 e. The highest BCUT2D eigenvalue weighted by Gasteiger charge is 2.09. The van der Waals surface area contributed by atoms with Gasteiger partial charge in [-0.15, -0.1) is 0 Å². The summed E-state index contributed by atoms with van der Waals surface area (Å²) in [5, 5.41) is 0.232. The van der Waals surface area contributed by atoms with E-state index in [0.29, 0.717) is 17.4 Å². The molecule has 16 heavy (non-hydrogen) atoms. The van der Waals surface area contributed by atoms with Crippen molar-refractivity contribution in [1.82, 2.24) is 4.98 Å². The summed E-state index contributed by atoms with van der Waals surface area (Å²) >= 11 is 5.83. The van der Waals surface area contributed by atoms with Gasteiger partial charge in [0.15, 0.2) is 6.29 Å². The van der Waals surface area contributed by atoms with Gasteiger partial charge in [0.2, 0.25) is 0 Å². The Bertz CT molecular complexity index is 528. The molecule has 1 aromatic heterocycles. The highest BCUT2D eigenvalue weighted by Crippen LogP contribution is 2.27. The van der Waals surface area contributed by atoms with E-state index >= 15 is 0 Å². The van der Waals surface area contributed by atoms with E-state index in [2.05, 4.69) is 4.98 Å². The fourth-order valence-electron chi connectivity index (χ4n) is 1.40. The van der Waals surface area contributed by atoms with Crippen molar-refractivity contribution >= 4 is 17.9 Å². The fourth-order valence-corrected chi connectivity index (χ4v) is 1.60. The molecule has 0 spiro atoms. The van der Waals surface area contributed by atoms with E-state index < -0.39 is 5.82 Å². The molecule has 0 saturated carbocycles. The minimum absolute atomic E-state index is 0.145. The Labute approximate surface area is 96.7 Å². The largest absolute Gasteiger partial charge is 0.298 e. The number of benzene rings is 1. The summed E-state index contributed by atoms with van der Waals surface area (Å²) in [5.41, 5.74) is 1.11. The van der Waals surface area contributed by atoms with E-state index in [4.69, 9.17) is 11.6 Å². The van der Waals surface area contributed by atoms with Gasteiger partial charge in [-0.2, -0.15) is 0 Å². The molecule has 0 aliphatic rings. The summed E-state index contributed by atoms with van der Waals surface area (Å²) < 4.78 is 13.7. The standard InChI is InChI=1S/C12H7ClFNO/c13-11-5-10(8-2-1-3-15-6-8)12(14)4-9(11)7-16/h1-7H.